The summed E-state index contributed by atoms with van der Waals surface area (Å²) in [5.74, 6) is -0.359. The Morgan fingerprint density at radius 1 is 0.826 bits per heavy atom. The first-order valence-corrected chi connectivity index (χ1v) is 8.03. The molecule has 0 heterocycles. The van der Waals surface area contributed by atoms with E-state index in [9.17, 15) is 21.6 Å². The molecule has 0 spiro atoms. The molecule has 7 heteroatoms. The Kier molecular flexibility index (Phi) is 4.61. The summed E-state index contributed by atoms with van der Waals surface area (Å²) >= 11 is 0. The van der Waals surface area contributed by atoms with E-state index in [0.29, 0.717) is 0 Å². The summed E-state index contributed by atoms with van der Waals surface area (Å²) < 4.78 is 65.0. The van der Waals surface area contributed by atoms with Crippen molar-refractivity contribution in [3.05, 3.63) is 70.8 Å². The van der Waals surface area contributed by atoms with Crippen LogP contribution >= 0.6 is 0 Å². The van der Waals surface area contributed by atoms with Gasteiger partial charge in [-0.25, -0.2) is 0 Å². The van der Waals surface area contributed by atoms with Gasteiger partial charge in [-0.1, -0.05) is 35.4 Å². The van der Waals surface area contributed by atoms with Crippen LogP contribution in [0.25, 0.3) is 0 Å². The number of hydrogen-bond donors (Lipinski definition) is 0. The quantitative estimate of drug-likeness (QED) is 0.482. The van der Waals surface area contributed by atoms with Crippen LogP contribution in [-0.4, -0.2) is 19.7 Å². The molecule has 0 aliphatic carbocycles. The van der Waals surface area contributed by atoms with E-state index in [0.717, 1.165) is 11.1 Å². The van der Waals surface area contributed by atoms with E-state index in [1.54, 1.807) is 24.3 Å². The zero-order valence-electron chi connectivity index (χ0n) is 12.4. The Bertz CT molecular complexity index is 771. The summed E-state index contributed by atoms with van der Waals surface area (Å²) in [6, 6.07) is 12.7. The van der Waals surface area contributed by atoms with Gasteiger partial charge in [0.05, 0.1) is 11.1 Å². The van der Waals surface area contributed by atoms with Crippen LogP contribution in [0.4, 0.5) is 13.2 Å². The largest absolute Gasteiger partial charge is 0.602 e. The Morgan fingerprint density at radius 3 is 1.48 bits per heavy atom. The van der Waals surface area contributed by atoms with Gasteiger partial charge in [-0.05, 0) is 38.1 Å². The van der Waals surface area contributed by atoms with Gasteiger partial charge in [0, 0.05) is 0 Å². The second kappa shape index (κ2) is 6.16. The minimum atomic E-state index is -5.75. The molecule has 0 aromatic heterocycles. The zero-order valence-corrected chi connectivity index (χ0v) is 13.2. The van der Waals surface area contributed by atoms with Gasteiger partial charge in [0.25, 0.3) is 0 Å². The maximum absolute atomic E-state index is 12.6. The molecule has 0 aliphatic heterocycles. The van der Waals surface area contributed by atoms with Crippen LogP contribution in [0, 0.1) is 13.8 Å². The Balaban J connectivity index is 2.65. The molecule has 2 aromatic rings. The Morgan fingerprint density at radius 2 is 1.17 bits per heavy atom. The van der Waals surface area contributed by atoms with Crippen LogP contribution in [0.3, 0.4) is 0 Å². The van der Waals surface area contributed by atoms with E-state index in [-0.39, 0.29) is 16.9 Å². The van der Waals surface area contributed by atoms with Crippen LogP contribution in [-0.2, 0) is 10.1 Å². The van der Waals surface area contributed by atoms with Crippen molar-refractivity contribution in [1.29, 1.82) is 0 Å². The summed E-state index contributed by atoms with van der Waals surface area (Å²) in [4.78, 5) is 0. The van der Waals surface area contributed by atoms with Gasteiger partial charge < -0.3 is 0 Å². The standard InChI is InChI=1S/C16H14F3O3S/c1-11-3-7-13(8-4-11)15(14-9-5-12(2)6-10-14)22-23(20,21)16(17,18)19/h3-10H,1-2H3/q+1. The van der Waals surface area contributed by atoms with Crippen LogP contribution < -0.4 is 0 Å². The lowest BCUT2D eigenvalue weighted by Gasteiger charge is -2.01. The van der Waals surface area contributed by atoms with E-state index in [2.05, 4.69) is 3.87 Å². The summed E-state index contributed by atoms with van der Waals surface area (Å²) in [6.45, 7) is 3.62. The van der Waals surface area contributed by atoms with Crippen LogP contribution in [0.5, 0.6) is 0 Å². The number of aryl methyl sites for hydroxylation is 2. The van der Waals surface area contributed by atoms with Crippen molar-refractivity contribution in [3.63, 3.8) is 0 Å². The smallest absolute Gasteiger partial charge is 0.149 e. The fourth-order valence-corrected chi connectivity index (χ4v) is 2.34. The maximum Gasteiger partial charge on any atom is 0.602 e. The summed E-state index contributed by atoms with van der Waals surface area (Å²) in [5, 5.41) is 0. The number of alkyl halides is 3. The molecule has 122 valence electrons. The van der Waals surface area contributed by atoms with E-state index in [4.69, 9.17) is 0 Å². The average Bonchev–Trinajstić information content (AvgIpc) is 2.46. The molecule has 0 aliphatic rings. The lowest BCUT2D eigenvalue weighted by atomic mass is 10.0. The monoisotopic (exact) mass is 343 g/mol. The molecule has 0 fully saturated rings. The maximum atomic E-state index is 12.6. The van der Waals surface area contributed by atoms with E-state index < -0.39 is 15.6 Å². The lowest BCUT2D eigenvalue weighted by Crippen LogP contribution is -2.23. The molecule has 0 unspecified atom stereocenters. The number of carbonyl (C=O) groups excluding carboxylic acids is 1. The minimum absolute atomic E-state index is 0.243. The molecule has 3 nitrogen and oxygen atoms in total. The highest BCUT2D eigenvalue weighted by Gasteiger charge is 2.57. The predicted molar refractivity (Wildman–Crippen MR) is 80.8 cm³/mol. The van der Waals surface area contributed by atoms with Crippen LogP contribution in [0.1, 0.15) is 26.1 Å². The second-order valence-corrected chi connectivity index (χ2v) is 6.58. The first-order valence-electron chi connectivity index (χ1n) is 6.62. The molecule has 0 N–H and O–H groups in total. The van der Waals surface area contributed by atoms with Gasteiger partial charge in [-0.15, -0.1) is 25.5 Å². The molecule has 0 atom stereocenters. The van der Waals surface area contributed by atoms with Crippen LogP contribution in [0.2, 0.25) is 0 Å². The highest BCUT2D eigenvalue weighted by atomic mass is 32.2. The van der Waals surface area contributed by atoms with Gasteiger partial charge in [-0.3, -0.25) is 0 Å². The summed E-state index contributed by atoms with van der Waals surface area (Å²) in [5.41, 5.74) is -3.24. The molecule has 2 aromatic carbocycles. The molecule has 23 heavy (non-hydrogen) atoms. The lowest BCUT2D eigenvalue weighted by molar-refractivity contribution is -0.131. The van der Waals surface area contributed by atoms with Gasteiger partial charge >= 0.3 is 21.4 Å². The minimum Gasteiger partial charge on any atom is -0.149 e. The normalized spacial score (nSPS) is 12.0. The van der Waals surface area contributed by atoms with Crippen molar-refractivity contribution in [3.8, 4) is 0 Å². The van der Waals surface area contributed by atoms with Crippen molar-refractivity contribution in [2.24, 2.45) is 0 Å². The molecule has 0 saturated carbocycles. The predicted octanol–water partition coefficient (Wildman–Crippen LogP) is 3.92. The van der Waals surface area contributed by atoms with Crippen molar-refractivity contribution in [2.75, 3.05) is 0 Å². The molecule has 0 radical (unpaired) electrons. The van der Waals surface area contributed by atoms with Gasteiger partial charge in [0.2, 0.25) is 0 Å². The highest BCUT2D eigenvalue weighted by molar-refractivity contribution is 7.86. The molecular weight excluding hydrogens is 329 g/mol. The third-order valence-corrected chi connectivity index (χ3v) is 4.06. The van der Waals surface area contributed by atoms with Crippen molar-refractivity contribution in [2.45, 2.75) is 19.4 Å². The third kappa shape index (κ3) is 3.98. The SMILES string of the molecule is Cc1ccc(C(=[O+]S(=O)(=O)C(F)(F)F)c2ccc(C)cc2)cc1. The van der Waals surface area contributed by atoms with Crippen molar-refractivity contribution < 1.29 is 25.5 Å². The van der Waals surface area contributed by atoms with Gasteiger partial charge in [0.15, 0.2) is 0 Å². The summed E-state index contributed by atoms with van der Waals surface area (Å²) in [6.07, 6.45) is 0. The van der Waals surface area contributed by atoms with Crippen molar-refractivity contribution in [1.82, 2.24) is 0 Å². The van der Waals surface area contributed by atoms with Crippen LogP contribution in [0.15, 0.2) is 48.5 Å². The van der Waals surface area contributed by atoms with E-state index >= 15 is 0 Å². The second-order valence-electron chi connectivity index (χ2n) is 5.04. The summed E-state index contributed by atoms with van der Waals surface area (Å²) in [7, 11) is -5.75. The van der Waals surface area contributed by atoms with Gasteiger partial charge in [-0.2, -0.15) is 0 Å². The Labute approximate surface area is 132 Å². The highest BCUT2D eigenvalue weighted by Crippen LogP contribution is 2.26. The fraction of sp³-hybridized carbons (Fsp3) is 0.188. The van der Waals surface area contributed by atoms with Gasteiger partial charge in [0.1, 0.15) is 0 Å². The van der Waals surface area contributed by atoms with E-state index in [1.807, 2.05) is 13.8 Å². The first kappa shape index (κ1) is 17.2. The molecule has 0 saturated heterocycles. The molecule has 2 rings (SSSR count). The first-order chi connectivity index (χ1) is 10.6. The number of halogens is 3. The molecular formula is C16H14F3O3S+. The fourth-order valence-electron chi connectivity index (χ4n) is 1.83. The topological polar surface area (TPSA) is 45.4 Å². The average molecular weight is 343 g/mol. The molecule has 0 amide bonds. The molecule has 0 bridgehead atoms. The Hall–Kier alpha value is -2.15. The zero-order chi connectivity index (χ0) is 17.3. The number of benzene rings is 2. The number of hydrogen-bond acceptors (Lipinski definition) is 2. The van der Waals surface area contributed by atoms with E-state index in [1.165, 1.54) is 24.3 Å². The third-order valence-electron chi connectivity index (χ3n) is 3.10. The number of ketones is 1. The van der Waals surface area contributed by atoms with Crippen molar-refractivity contribution >= 4 is 15.9 Å². The number of rotatable bonds is 3.